The van der Waals surface area contributed by atoms with E-state index >= 15 is 0 Å². The standard InChI is InChI=1S/C13H17ClN2O3S/c1-2-8-5-11(8)15-13(17)12-6-10(20(14,18)19)7-16(12)9-3-4-9/h6-9,11H,2-5H2,1H3,(H,15,17). The number of amides is 1. The Labute approximate surface area is 122 Å². The highest BCUT2D eigenvalue weighted by atomic mass is 35.7. The Kier molecular flexibility index (Phi) is 3.33. The number of carbonyl (C=O) groups excluding carboxylic acids is 1. The van der Waals surface area contributed by atoms with E-state index in [1.807, 2.05) is 0 Å². The van der Waals surface area contributed by atoms with Gasteiger partial charge in [0.2, 0.25) is 0 Å². The average Bonchev–Trinajstić information content (AvgIpc) is 3.28. The van der Waals surface area contributed by atoms with Crippen LogP contribution >= 0.6 is 10.7 Å². The molecule has 2 fully saturated rings. The lowest BCUT2D eigenvalue weighted by Gasteiger charge is -2.08. The molecule has 1 heterocycles. The number of rotatable bonds is 5. The van der Waals surface area contributed by atoms with E-state index < -0.39 is 9.05 Å². The maximum Gasteiger partial charge on any atom is 0.268 e. The van der Waals surface area contributed by atoms with Gasteiger partial charge < -0.3 is 9.88 Å². The van der Waals surface area contributed by atoms with Crippen LogP contribution in [0.1, 0.15) is 49.1 Å². The van der Waals surface area contributed by atoms with Crippen molar-refractivity contribution >= 4 is 25.6 Å². The van der Waals surface area contributed by atoms with Gasteiger partial charge in [-0.1, -0.05) is 13.3 Å². The zero-order valence-electron chi connectivity index (χ0n) is 11.2. The zero-order chi connectivity index (χ0) is 14.5. The Morgan fingerprint density at radius 2 is 2.20 bits per heavy atom. The highest BCUT2D eigenvalue weighted by Crippen LogP contribution is 2.38. The van der Waals surface area contributed by atoms with Crippen molar-refractivity contribution in [1.29, 1.82) is 0 Å². The minimum absolute atomic E-state index is 0.000875. The second-order valence-electron chi connectivity index (χ2n) is 5.62. The maximum absolute atomic E-state index is 12.3. The van der Waals surface area contributed by atoms with Crippen LogP contribution in [0.4, 0.5) is 0 Å². The van der Waals surface area contributed by atoms with Gasteiger partial charge in [0.1, 0.15) is 10.6 Å². The number of hydrogen-bond acceptors (Lipinski definition) is 3. The molecule has 2 saturated carbocycles. The molecule has 5 nitrogen and oxygen atoms in total. The largest absolute Gasteiger partial charge is 0.348 e. The normalized spacial score (nSPS) is 25.5. The molecule has 0 saturated heterocycles. The maximum atomic E-state index is 12.3. The van der Waals surface area contributed by atoms with Crippen LogP contribution in [0, 0.1) is 5.92 Å². The molecule has 0 bridgehead atoms. The molecular weight excluding hydrogens is 300 g/mol. The lowest BCUT2D eigenvalue weighted by Crippen LogP contribution is -2.28. The van der Waals surface area contributed by atoms with Crippen LogP contribution in [0.2, 0.25) is 0 Å². The summed E-state index contributed by atoms with van der Waals surface area (Å²) >= 11 is 0. The fourth-order valence-electron chi connectivity index (χ4n) is 2.54. The van der Waals surface area contributed by atoms with Crippen molar-refractivity contribution in [2.75, 3.05) is 0 Å². The lowest BCUT2D eigenvalue weighted by atomic mass is 10.3. The predicted octanol–water partition coefficient (Wildman–Crippen LogP) is 2.28. The van der Waals surface area contributed by atoms with Gasteiger partial charge in [-0.3, -0.25) is 4.79 Å². The van der Waals surface area contributed by atoms with Crippen molar-refractivity contribution in [3.05, 3.63) is 18.0 Å². The fraction of sp³-hybridized carbons (Fsp3) is 0.615. The van der Waals surface area contributed by atoms with Gasteiger partial charge in [-0.2, -0.15) is 0 Å². The molecule has 2 aliphatic rings. The first-order valence-electron chi connectivity index (χ1n) is 6.87. The van der Waals surface area contributed by atoms with Crippen molar-refractivity contribution in [1.82, 2.24) is 9.88 Å². The van der Waals surface area contributed by atoms with E-state index in [9.17, 15) is 13.2 Å². The third-order valence-electron chi connectivity index (χ3n) is 4.04. The summed E-state index contributed by atoms with van der Waals surface area (Å²) in [5, 5.41) is 2.96. The molecule has 0 spiro atoms. The van der Waals surface area contributed by atoms with Crippen LogP contribution in [0.15, 0.2) is 17.2 Å². The molecule has 1 aromatic rings. The molecule has 2 aliphatic carbocycles. The molecule has 0 radical (unpaired) electrons. The SMILES string of the molecule is CCC1CC1NC(=O)c1cc(S(=O)(=O)Cl)cn1C1CC1. The highest BCUT2D eigenvalue weighted by Gasteiger charge is 2.38. The predicted molar refractivity (Wildman–Crippen MR) is 75.4 cm³/mol. The summed E-state index contributed by atoms with van der Waals surface area (Å²) < 4.78 is 24.6. The molecular formula is C13H17ClN2O3S. The van der Waals surface area contributed by atoms with E-state index in [-0.39, 0.29) is 22.9 Å². The number of nitrogens with one attached hydrogen (secondary N) is 1. The quantitative estimate of drug-likeness (QED) is 0.847. The second-order valence-corrected chi connectivity index (χ2v) is 8.19. The van der Waals surface area contributed by atoms with E-state index in [1.165, 1.54) is 12.3 Å². The third-order valence-corrected chi connectivity index (χ3v) is 5.36. The molecule has 2 atom stereocenters. The van der Waals surface area contributed by atoms with E-state index in [4.69, 9.17) is 10.7 Å². The summed E-state index contributed by atoms with van der Waals surface area (Å²) in [6, 6.07) is 1.83. The van der Waals surface area contributed by atoms with Crippen LogP contribution in [0.5, 0.6) is 0 Å². The molecule has 3 rings (SSSR count). The summed E-state index contributed by atoms with van der Waals surface area (Å²) in [5.41, 5.74) is 0.397. The van der Waals surface area contributed by atoms with Crippen molar-refractivity contribution in [3.63, 3.8) is 0 Å². The van der Waals surface area contributed by atoms with Gasteiger partial charge in [-0.05, 0) is 31.2 Å². The van der Waals surface area contributed by atoms with Crippen molar-refractivity contribution < 1.29 is 13.2 Å². The van der Waals surface area contributed by atoms with E-state index in [1.54, 1.807) is 4.57 Å². The third kappa shape index (κ3) is 2.72. The first-order chi connectivity index (χ1) is 9.40. The molecule has 20 heavy (non-hydrogen) atoms. The van der Waals surface area contributed by atoms with E-state index in [0.29, 0.717) is 11.6 Å². The van der Waals surface area contributed by atoms with Crippen LogP contribution in [-0.4, -0.2) is 24.9 Å². The number of carbonyl (C=O) groups is 1. The van der Waals surface area contributed by atoms with Gasteiger partial charge in [0.25, 0.3) is 15.0 Å². The Morgan fingerprint density at radius 1 is 1.50 bits per heavy atom. The molecule has 7 heteroatoms. The summed E-state index contributed by atoms with van der Waals surface area (Å²) in [5.74, 6) is 0.351. The Balaban J connectivity index is 1.84. The van der Waals surface area contributed by atoms with Crippen LogP contribution in [0.3, 0.4) is 0 Å². The second kappa shape index (κ2) is 4.77. The first-order valence-corrected chi connectivity index (χ1v) is 9.18. The Morgan fingerprint density at radius 3 is 2.70 bits per heavy atom. The van der Waals surface area contributed by atoms with Gasteiger partial charge in [-0.15, -0.1) is 0 Å². The summed E-state index contributed by atoms with van der Waals surface area (Å²) in [6.45, 7) is 2.10. The molecule has 110 valence electrons. The highest BCUT2D eigenvalue weighted by molar-refractivity contribution is 8.13. The van der Waals surface area contributed by atoms with Crippen LogP contribution in [0.25, 0.3) is 0 Å². The Hall–Kier alpha value is -1.01. The summed E-state index contributed by atoms with van der Waals surface area (Å²) in [7, 11) is 1.56. The lowest BCUT2D eigenvalue weighted by molar-refractivity contribution is 0.0939. The fourth-order valence-corrected chi connectivity index (χ4v) is 3.29. The van der Waals surface area contributed by atoms with Gasteiger partial charge >= 0.3 is 0 Å². The molecule has 2 unspecified atom stereocenters. The average molecular weight is 317 g/mol. The summed E-state index contributed by atoms with van der Waals surface area (Å²) in [6.07, 6.45) is 5.47. The topological polar surface area (TPSA) is 68.2 Å². The van der Waals surface area contributed by atoms with Crippen molar-refractivity contribution in [3.8, 4) is 0 Å². The van der Waals surface area contributed by atoms with Gasteiger partial charge in [0.05, 0.1) is 0 Å². The van der Waals surface area contributed by atoms with E-state index in [0.717, 1.165) is 25.7 Å². The number of aromatic nitrogens is 1. The van der Waals surface area contributed by atoms with Gasteiger partial charge in [0, 0.05) is 29.0 Å². The van der Waals surface area contributed by atoms with Gasteiger partial charge in [-0.25, -0.2) is 8.42 Å². The first kappa shape index (κ1) is 13.9. The van der Waals surface area contributed by atoms with Crippen molar-refractivity contribution in [2.45, 2.75) is 49.6 Å². The minimum atomic E-state index is -3.80. The van der Waals surface area contributed by atoms with Crippen LogP contribution in [-0.2, 0) is 9.05 Å². The number of nitrogens with zero attached hydrogens (tertiary/aromatic N) is 1. The zero-order valence-corrected chi connectivity index (χ0v) is 12.7. The molecule has 1 aromatic heterocycles. The Bertz CT molecular complexity index is 649. The van der Waals surface area contributed by atoms with Crippen molar-refractivity contribution in [2.24, 2.45) is 5.92 Å². The number of hydrogen-bond donors (Lipinski definition) is 1. The van der Waals surface area contributed by atoms with Crippen LogP contribution < -0.4 is 5.32 Å². The smallest absolute Gasteiger partial charge is 0.268 e. The molecule has 0 aromatic carbocycles. The minimum Gasteiger partial charge on any atom is -0.348 e. The summed E-state index contributed by atoms with van der Waals surface area (Å²) in [4.78, 5) is 12.3. The van der Waals surface area contributed by atoms with Gasteiger partial charge in [0.15, 0.2) is 0 Å². The molecule has 1 N–H and O–H groups in total. The molecule has 0 aliphatic heterocycles. The van der Waals surface area contributed by atoms with E-state index in [2.05, 4.69) is 12.2 Å². The monoisotopic (exact) mass is 316 g/mol. The molecule has 1 amide bonds. The number of halogens is 1.